The van der Waals surface area contributed by atoms with Gasteiger partial charge in [0.25, 0.3) is 5.91 Å². The Kier molecular flexibility index (Phi) is 7.55. The second kappa shape index (κ2) is 9.24. The number of carbonyl (C=O) groups excluding carboxylic acids is 1. The molecule has 0 unspecified atom stereocenters. The fourth-order valence-electron chi connectivity index (χ4n) is 2.03. The fraction of sp³-hybridized carbons (Fsp3) is 0.176. The summed E-state index contributed by atoms with van der Waals surface area (Å²) >= 11 is 26.6. The molecule has 2 aromatic rings. The van der Waals surface area contributed by atoms with Gasteiger partial charge in [0.1, 0.15) is 6.17 Å². The molecule has 0 saturated heterocycles. The van der Waals surface area contributed by atoms with Gasteiger partial charge in [0.15, 0.2) is 5.11 Å². The van der Waals surface area contributed by atoms with Crippen molar-refractivity contribution in [2.45, 2.75) is 16.9 Å². The van der Waals surface area contributed by atoms with Crippen LogP contribution in [0.3, 0.4) is 0 Å². The van der Waals surface area contributed by atoms with Gasteiger partial charge in [-0.05, 0) is 55.5 Å². The molecule has 0 bridgehead atoms. The molecule has 0 aliphatic carbocycles. The molecule has 9 heteroatoms. The molecule has 0 aliphatic rings. The van der Waals surface area contributed by atoms with Crippen molar-refractivity contribution in [2.24, 2.45) is 0 Å². The highest BCUT2D eigenvalue weighted by molar-refractivity contribution is 9.10. The van der Waals surface area contributed by atoms with E-state index in [1.807, 2.05) is 37.3 Å². The van der Waals surface area contributed by atoms with Crippen LogP contribution >= 0.6 is 63.0 Å². The Hall–Kier alpha value is -1.05. The average Bonchev–Trinajstić information content (AvgIpc) is 2.55. The van der Waals surface area contributed by atoms with Crippen LogP contribution in [-0.4, -0.2) is 21.0 Å². The Morgan fingerprint density at radius 1 is 1.12 bits per heavy atom. The molecular weight excluding hydrogens is 481 g/mol. The van der Waals surface area contributed by atoms with E-state index in [2.05, 4.69) is 31.9 Å². The topological polar surface area (TPSA) is 53.2 Å². The summed E-state index contributed by atoms with van der Waals surface area (Å²) in [5, 5.41) is 8.63. The summed E-state index contributed by atoms with van der Waals surface area (Å²) in [7, 11) is 0. The van der Waals surface area contributed by atoms with Gasteiger partial charge in [0, 0.05) is 15.7 Å². The number of nitrogens with one attached hydrogen (secondary N) is 3. The highest BCUT2D eigenvalue weighted by atomic mass is 79.9. The molecule has 2 rings (SSSR count). The van der Waals surface area contributed by atoms with Gasteiger partial charge in [-0.2, -0.15) is 0 Å². The van der Waals surface area contributed by atoms with Crippen LogP contribution in [0.25, 0.3) is 0 Å². The first-order chi connectivity index (χ1) is 12.1. The lowest BCUT2D eigenvalue weighted by atomic mass is 10.1. The first-order valence-corrected chi connectivity index (χ1v) is 9.76. The minimum Gasteiger partial charge on any atom is -0.339 e. The summed E-state index contributed by atoms with van der Waals surface area (Å²) in [4.78, 5) is 12.4. The Morgan fingerprint density at radius 2 is 1.77 bits per heavy atom. The molecule has 4 nitrogen and oxygen atoms in total. The maximum absolute atomic E-state index is 12.4. The van der Waals surface area contributed by atoms with Crippen molar-refractivity contribution in [3.63, 3.8) is 0 Å². The molecule has 1 amide bonds. The molecule has 1 atom stereocenters. The molecular formula is C17H15BrCl3N3OS. The number of rotatable bonds is 4. The Bertz CT molecular complexity index is 797. The van der Waals surface area contributed by atoms with Gasteiger partial charge in [0.05, 0.1) is 0 Å². The van der Waals surface area contributed by atoms with Crippen molar-refractivity contribution in [1.82, 2.24) is 10.6 Å². The zero-order valence-electron chi connectivity index (χ0n) is 13.5. The first kappa shape index (κ1) is 21.3. The maximum atomic E-state index is 12.4. The summed E-state index contributed by atoms with van der Waals surface area (Å²) in [6.07, 6.45) is -1.03. The number of benzene rings is 2. The zero-order valence-corrected chi connectivity index (χ0v) is 18.2. The van der Waals surface area contributed by atoms with Crippen molar-refractivity contribution in [2.75, 3.05) is 5.32 Å². The van der Waals surface area contributed by atoms with Crippen molar-refractivity contribution in [3.05, 3.63) is 64.1 Å². The lowest BCUT2D eigenvalue weighted by molar-refractivity contribution is 0.0934. The fourth-order valence-corrected chi connectivity index (χ4v) is 2.86. The summed E-state index contributed by atoms with van der Waals surface area (Å²) in [5.74, 6) is -0.385. The van der Waals surface area contributed by atoms with Crippen LogP contribution in [0.5, 0.6) is 0 Å². The van der Waals surface area contributed by atoms with Gasteiger partial charge in [0.2, 0.25) is 3.79 Å². The zero-order chi connectivity index (χ0) is 19.3. The number of anilines is 1. The van der Waals surface area contributed by atoms with E-state index in [9.17, 15) is 4.79 Å². The summed E-state index contributed by atoms with van der Waals surface area (Å²) < 4.78 is -0.878. The predicted molar refractivity (Wildman–Crippen MR) is 116 cm³/mol. The number of amides is 1. The molecule has 138 valence electrons. The van der Waals surface area contributed by atoms with Crippen molar-refractivity contribution < 1.29 is 4.79 Å². The van der Waals surface area contributed by atoms with Gasteiger partial charge in [-0.25, -0.2) is 0 Å². The van der Waals surface area contributed by atoms with Crippen molar-refractivity contribution in [1.29, 1.82) is 0 Å². The number of halogens is 4. The Labute approximate surface area is 180 Å². The summed E-state index contributed by atoms with van der Waals surface area (Å²) in [6, 6.07) is 14.5. The monoisotopic (exact) mass is 493 g/mol. The van der Waals surface area contributed by atoms with Gasteiger partial charge < -0.3 is 16.0 Å². The first-order valence-electron chi connectivity index (χ1n) is 7.42. The predicted octanol–water partition coefficient (Wildman–Crippen LogP) is 5.17. The lowest BCUT2D eigenvalue weighted by Gasteiger charge is -2.27. The number of alkyl halides is 3. The van der Waals surface area contributed by atoms with E-state index in [0.717, 1.165) is 15.7 Å². The highest BCUT2D eigenvalue weighted by Crippen LogP contribution is 2.29. The lowest BCUT2D eigenvalue weighted by Crippen LogP contribution is -2.56. The molecule has 0 radical (unpaired) electrons. The van der Waals surface area contributed by atoms with Crippen molar-refractivity contribution in [3.8, 4) is 0 Å². The van der Waals surface area contributed by atoms with E-state index in [1.54, 1.807) is 18.2 Å². The number of aryl methyl sites for hydroxylation is 1. The molecule has 0 aliphatic heterocycles. The molecule has 0 saturated carbocycles. The molecule has 2 aromatic carbocycles. The summed E-state index contributed by atoms with van der Waals surface area (Å²) in [6.45, 7) is 1.89. The normalized spacial score (nSPS) is 12.2. The van der Waals surface area contributed by atoms with E-state index in [0.29, 0.717) is 5.56 Å². The number of hydrogen-bond acceptors (Lipinski definition) is 2. The van der Waals surface area contributed by atoms with Crippen LogP contribution in [0.4, 0.5) is 5.69 Å². The molecule has 3 N–H and O–H groups in total. The summed E-state index contributed by atoms with van der Waals surface area (Å²) in [5.41, 5.74) is 2.15. The highest BCUT2D eigenvalue weighted by Gasteiger charge is 2.34. The van der Waals surface area contributed by atoms with E-state index in [-0.39, 0.29) is 11.0 Å². The van der Waals surface area contributed by atoms with E-state index in [1.165, 1.54) is 0 Å². The van der Waals surface area contributed by atoms with Crippen LogP contribution in [0, 0.1) is 6.92 Å². The molecule has 26 heavy (non-hydrogen) atoms. The maximum Gasteiger partial charge on any atom is 0.252 e. The minimum absolute atomic E-state index is 0.202. The molecule has 0 heterocycles. The second-order valence-electron chi connectivity index (χ2n) is 5.42. The minimum atomic E-state index is -1.81. The van der Waals surface area contributed by atoms with Gasteiger partial charge in [-0.3, -0.25) is 4.79 Å². The molecule has 0 spiro atoms. The van der Waals surface area contributed by atoms with E-state index < -0.39 is 9.96 Å². The smallest absolute Gasteiger partial charge is 0.252 e. The SMILES string of the molecule is Cc1cccc(C(=O)N[C@@H](NC(=S)Nc2ccc(Br)cc2)C(Cl)(Cl)Cl)c1. The van der Waals surface area contributed by atoms with E-state index in [4.69, 9.17) is 47.0 Å². The van der Waals surface area contributed by atoms with Gasteiger partial charge in [-0.15, -0.1) is 0 Å². The number of thiocarbonyl (C=S) groups is 1. The number of hydrogen-bond donors (Lipinski definition) is 3. The molecule has 0 aromatic heterocycles. The average molecular weight is 496 g/mol. The third-order valence-electron chi connectivity index (χ3n) is 3.26. The Morgan fingerprint density at radius 3 is 2.35 bits per heavy atom. The van der Waals surface area contributed by atoms with Crippen LogP contribution in [-0.2, 0) is 0 Å². The van der Waals surface area contributed by atoms with Gasteiger partial charge in [-0.1, -0.05) is 68.4 Å². The van der Waals surface area contributed by atoms with Crippen LogP contribution < -0.4 is 16.0 Å². The number of carbonyl (C=O) groups is 1. The third kappa shape index (κ3) is 6.59. The van der Waals surface area contributed by atoms with Crippen LogP contribution in [0.2, 0.25) is 0 Å². The second-order valence-corrected chi connectivity index (χ2v) is 9.12. The standard InChI is InChI=1S/C17H15BrCl3N3OS/c1-10-3-2-4-11(9-10)14(25)23-15(17(19,20)21)24-16(26)22-13-7-5-12(18)6-8-13/h2-9,15H,1H3,(H,23,25)(H2,22,24,26)/t15-/m0/s1. The third-order valence-corrected chi connectivity index (χ3v) is 4.66. The van der Waals surface area contributed by atoms with Crippen molar-refractivity contribution >= 4 is 79.7 Å². The van der Waals surface area contributed by atoms with Crippen LogP contribution in [0.15, 0.2) is 53.0 Å². The largest absolute Gasteiger partial charge is 0.339 e. The molecule has 0 fully saturated rings. The van der Waals surface area contributed by atoms with E-state index >= 15 is 0 Å². The Balaban J connectivity index is 2.06. The quantitative estimate of drug-likeness (QED) is 0.311. The van der Waals surface area contributed by atoms with Crippen LogP contribution in [0.1, 0.15) is 15.9 Å². The van der Waals surface area contributed by atoms with Gasteiger partial charge >= 0.3 is 0 Å².